The molecule has 0 amide bonds. The molecule has 0 atom stereocenters. The molecule has 0 saturated carbocycles. The summed E-state index contributed by atoms with van der Waals surface area (Å²) >= 11 is 5.99. The molecule has 0 aliphatic heterocycles. The van der Waals surface area contributed by atoms with Crippen LogP contribution in [0.3, 0.4) is 0 Å². The zero-order chi connectivity index (χ0) is 13.3. The van der Waals surface area contributed by atoms with Crippen LogP contribution in [0.15, 0.2) is 42.5 Å². The maximum absolute atomic E-state index is 12.6. The molecule has 0 aromatic heterocycles. The highest BCUT2D eigenvalue weighted by Gasteiger charge is 2.30. The highest BCUT2D eigenvalue weighted by molar-refractivity contribution is 6.35. The second kappa shape index (κ2) is 4.53. The Bertz CT molecular complexity index is 579. The van der Waals surface area contributed by atoms with Crippen molar-refractivity contribution in [2.75, 3.05) is 5.73 Å². The van der Waals surface area contributed by atoms with Gasteiger partial charge in [-0.25, -0.2) is 0 Å². The van der Waals surface area contributed by atoms with Crippen LogP contribution in [0.4, 0.5) is 18.9 Å². The Kier molecular flexibility index (Phi) is 3.22. The average Bonchev–Trinajstić information content (AvgIpc) is 2.32. The monoisotopic (exact) mass is 271 g/mol. The van der Waals surface area contributed by atoms with Crippen LogP contribution in [0.1, 0.15) is 5.56 Å². The van der Waals surface area contributed by atoms with Gasteiger partial charge in [0.15, 0.2) is 0 Å². The number of anilines is 1. The zero-order valence-corrected chi connectivity index (χ0v) is 9.89. The first-order valence-electron chi connectivity index (χ1n) is 5.11. The van der Waals surface area contributed by atoms with Crippen molar-refractivity contribution in [3.8, 4) is 11.1 Å². The van der Waals surface area contributed by atoms with E-state index in [4.69, 9.17) is 17.3 Å². The van der Waals surface area contributed by atoms with Crippen LogP contribution >= 0.6 is 11.6 Å². The highest BCUT2D eigenvalue weighted by Crippen LogP contribution is 2.36. The normalized spacial score (nSPS) is 11.6. The number of benzene rings is 2. The lowest BCUT2D eigenvalue weighted by atomic mass is 10.0. The Morgan fingerprint density at radius 2 is 1.67 bits per heavy atom. The van der Waals surface area contributed by atoms with E-state index >= 15 is 0 Å². The van der Waals surface area contributed by atoms with Crippen LogP contribution < -0.4 is 5.73 Å². The third kappa shape index (κ3) is 2.43. The molecule has 2 N–H and O–H groups in total. The molecule has 2 rings (SSSR count). The fourth-order valence-electron chi connectivity index (χ4n) is 1.64. The van der Waals surface area contributed by atoms with Gasteiger partial charge in [0.05, 0.1) is 16.3 Å². The van der Waals surface area contributed by atoms with Crippen molar-refractivity contribution in [3.05, 3.63) is 53.1 Å². The van der Waals surface area contributed by atoms with E-state index < -0.39 is 11.7 Å². The Balaban J connectivity index is 2.55. The van der Waals surface area contributed by atoms with Crippen molar-refractivity contribution in [1.82, 2.24) is 0 Å². The third-order valence-electron chi connectivity index (χ3n) is 2.53. The SMILES string of the molecule is Nc1cccc(-c2cccc(C(F)(F)F)c2)c1Cl. The van der Waals surface area contributed by atoms with Gasteiger partial charge in [-0.1, -0.05) is 35.9 Å². The van der Waals surface area contributed by atoms with Gasteiger partial charge in [0, 0.05) is 5.56 Å². The van der Waals surface area contributed by atoms with Crippen molar-refractivity contribution < 1.29 is 13.2 Å². The minimum absolute atomic E-state index is 0.261. The van der Waals surface area contributed by atoms with Crippen molar-refractivity contribution >= 4 is 17.3 Å². The Hall–Kier alpha value is -1.68. The number of nitrogen functional groups attached to an aromatic ring is 1. The molecule has 0 bridgehead atoms. The molecule has 94 valence electrons. The second-order valence-corrected chi connectivity index (χ2v) is 4.17. The second-order valence-electron chi connectivity index (χ2n) is 3.79. The van der Waals surface area contributed by atoms with Crippen molar-refractivity contribution in [1.29, 1.82) is 0 Å². The summed E-state index contributed by atoms with van der Waals surface area (Å²) in [7, 11) is 0. The predicted octanol–water partition coefficient (Wildman–Crippen LogP) is 4.61. The van der Waals surface area contributed by atoms with E-state index in [1.165, 1.54) is 6.07 Å². The van der Waals surface area contributed by atoms with Crippen molar-refractivity contribution in [2.45, 2.75) is 6.18 Å². The summed E-state index contributed by atoms with van der Waals surface area (Å²) < 4.78 is 37.8. The van der Waals surface area contributed by atoms with Crippen LogP contribution in [0.2, 0.25) is 5.02 Å². The number of halogens is 4. The van der Waals surface area contributed by atoms with Crippen molar-refractivity contribution in [2.24, 2.45) is 0 Å². The summed E-state index contributed by atoms with van der Waals surface area (Å²) in [5.74, 6) is 0. The molecule has 0 aliphatic carbocycles. The Morgan fingerprint density at radius 1 is 1.00 bits per heavy atom. The molecule has 18 heavy (non-hydrogen) atoms. The van der Waals surface area contributed by atoms with E-state index in [1.54, 1.807) is 24.3 Å². The number of alkyl halides is 3. The fourth-order valence-corrected chi connectivity index (χ4v) is 1.87. The molecule has 0 saturated heterocycles. The zero-order valence-electron chi connectivity index (χ0n) is 9.13. The molecule has 0 spiro atoms. The molecule has 5 heteroatoms. The Morgan fingerprint density at radius 3 is 2.33 bits per heavy atom. The lowest BCUT2D eigenvalue weighted by Crippen LogP contribution is -2.04. The van der Waals surface area contributed by atoms with E-state index in [0.717, 1.165) is 12.1 Å². The summed E-state index contributed by atoms with van der Waals surface area (Å²) in [6.45, 7) is 0. The average molecular weight is 272 g/mol. The summed E-state index contributed by atoms with van der Waals surface area (Å²) in [5.41, 5.74) is 6.14. The Labute approximate surface area is 107 Å². The van der Waals surface area contributed by atoms with Gasteiger partial charge < -0.3 is 5.73 Å². The van der Waals surface area contributed by atoms with Gasteiger partial charge in [-0.3, -0.25) is 0 Å². The largest absolute Gasteiger partial charge is 0.416 e. The van der Waals surface area contributed by atoms with Crippen LogP contribution in [-0.2, 0) is 6.18 Å². The van der Waals surface area contributed by atoms with Crippen LogP contribution in [-0.4, -0.2) is 0 Å². The summed E-state index contributed by atoms with van der Waals surface area (Å²) in [6, 6.07) is 9.86. The molecule has 0 radical (unpaired) electrons. The maximum Gasteiger partial charge on any atom is 0.416 e. The van der Waals surface area contributed by atoms with Gasteiger partial charge in [-0.15, -0.1) is 0 Å². The predicted molar refractivity (Wildman–Crippen MR) is 66.3 cm³/mol. The molecule has 0 heterocycles. The van der Waals surface area contributed by atoms with Crippen LogP contribution in [0.5, 0.6) is 0 Å². The summed E-state index contributed by atoms with van der Waals surface area (Å²) in [6.07, 6.45) is -4.37. The molecule has 0 unspecified atom stereocenters. The number of rotatable bonds is 1. The first kappa shape index (κ1) is 12.8. The number of hydrogen-bond acceptors (Lipinski definition) is 1. The molecular weight excluding hydrogens is 263 g/mol. The maximum atomic E-state index is 12.6. The van der Waals surface area contributed by atoms with Gasteiger partial charge in [-0.05, 0) is 23.8 Å². The van der Waals surface area contributed by atoms with E-state index in [0.29, 0.717) is 16.8 Å². The van der Waals surface area contributed by atoms with E-state index in [9.17, 15) is 13.2 Å². The standard InChI is InChI=1S/C13H9ClF3N/c14-12-10(5-2-6-11(12)18)8-3-1-4-9(7-8)13(15,16)17/h1-7H,18H2. The van der Waals surface area contributed by atoms with E-state index in [2.05, 4.69) is 0 Å². The molecule has 0 aliphatic rings. The van der Waals surface area contributed by atoms with E-state index in [1.807, 2.05) is 0 Å². The van der Waals surface area contributed by atoms with Gasteiger partial charge >= 0.3 is 6.18 Å². The lowest BCUT2D eigenvalue weighted by molar-refractivity contribution is -0.137. The van der Waals surface area contributed by atoms with Crippen LogP contribution in [0, 0.1) is 0 Å². The van der Waals surface area contributed by atoms with Crippen LogP contribution in [0.25, 0.3) is 11.1 Å². The lowest BCUT2D eigenvalue weighted by Gasteiger charge is -2.10. The van der Waals surface area contributed by atoms with E-state index in [-0.39, 0.29) is 5.02 Å². The molecular formula is C13H9ClF3N. The minimum Gasteiger partial charge on any atom is -0.398 e. The summed E-state index contributed by atoms with van der Waals surface area (Å²) in [4.78, 5) is 0. The van der Waals surface area contributed by atoms with Gasteiger partial charge in [-0.2, -0.15) is 13.2 Å². The highest BCUT2D eigenvalue weighted by atomic mass is 35.5. The topological polar surface area (TPSA) is 26.0 Å². The smallest absolute Gasteiger partial charge is 0.398 e. The third-order valence-corrected chi connectivity index (χ3v) is 2.95. The van der Waals surface area contributed by atoms with Gasteiger partial charge in [0.25, 0.3) is 0 Å². The van der Waals surface area contributed by atoms with Gasteiger partial charge in [0.1, 0.15) is 0 Å². The molecule has 0 fully saturated rings. The summed E-state index contributed by atoms with van der Waals surface area (Å²) in [5, 5.41) is 0.261. The molecule has 2 aromatic rings. The number of hydrogen-bond donors (Lipinski definition) is 1. The minimum atomic E-state index is -4.37. The first-order valence-corrected chi connectivity index (χ1v) is 5.49. The molecule has 2 aromatic carbocycles. The van der Waals surface area contributed by atoms with Crippen molar-refractivity contribution in [3.63, 3.8) is 0 Å². The quantitative estimate of drug-likeness (QED) is 0.753. The van der Waals surface area contributed by atoms with Gasteiger partial charge in [0.2, 0.25) is 0 Å². The fraction of sp³-hybridized carbons (Fsp3) is 0.0769. The first-order chi connectivity index (χ1) is 8.39. The molecule has 1 nitrogen and oxygen atoms in total. The number of nitrogens with two attached hydrogens (primary N) is 1.